The Morgan fingerprint density at radius 2 is 1.91 bits per heavy atom. The average molecular weight is 464 g/mol. The van der Waals surface area contributed by atoms with Crippen LogP contribution in [0.1, 0.15) is 74.1 Å². The number of aromatic nitrogens is 3. The van der Waals surface area contributed by atoms with Crippen molar-refractivity contribution in [3.05, 3.63) is 53.3 Å². The lowest BCUT2D eigenvalue weighted by Crippen LogP contribution is -2.37. The Kier molecular flexibility index (Phi) is 7.22. The first-order valence-corrected chi connectivity index (χ1v) is 12.3. The van der Waals surface area contributed by atoms with E-state index in [-0.39, 0.29) is 24.0 Å². The van der Waals surface area contributed by atoms with Crippen LogP contribution >= 0.6 is 0 Å². The lowest BCUT2D eigenvalue weighted by Gasteiger charge is -2.26. The minimum absolute atomic E-state index is 0.00444. The van der Waals surface area contributed by atoms with Crippen LogP contribution in [0.25, 0.3) is 11.0 Å². The van der Waals surface area contributed by atoms with Crippen molar-refractivity contribution in [2.75, 3.05) is 32.1 Å². The number of amides is 1. The lowest BCUT2D eigenvalue weighted by molar-refractivity contribution is 0.0508. The predicted molar refractivity (Wildman–Crippen MR) is 136 cm³/mol. The standard InChI is InChI=1S/C27H37N5O2/c1-18(2)25-14-23(24-15-28-32(19(3)4)26(24)29-25)27(33)31(17-22-8-7-13-34-22)16-20-9-11-21(12-10-20)30(5)6/h9-12,14-15,18-19,22H,7-8,13,16-17H2,1-6H3. The molecule has 7 heteroatoms. The van der Waals surface area contributed by atoms with E-state index in [4.69, 9.17) is 9.72 Å². The first-order chi connectivity index (χ1) is 16.2. The number of benzene rings is 1. The highest BCUT2D eigenvalue weighted by atomic mass is 16.5. The van der Waals surface area contributed by atoms with Crippen molar-refractivity contribution in [1.29, 1.82) is 0 Å². The molecule has 3 aromatic rings. The van der Waals surface area contributed by atoms with Crippen LogP contribution in [0.5, 0.6) is 0 Å². The summed E-state index contributed by atoms with van der Waals surface area (Å²) < 4.78 is 7.82. The highest BCUT2D eigenvalue weighted by Crippen LogP contribution is 2.27. The molecule has 4 rings (SSSR count). The third-order valence-corrected chi connectivity index (χ3v) is 6.46. The summed E-state index contributed by atoms with van der Waals surface area (Å²) in [6, 6.07) is 10.5. The second kappa shape index (κ2) is 10.1. The van der Waals surface area contributed by atoms with Crippen LogP contribution in [0.2, 0.25) is 0 Å². The fourth-order valence-electron chi connectivity index (χ4n) is 4.43. The number of pyridine rings is 1. The van der Waals surface area contributed by atoms with Crippen LogP contribution in [0.4, 0.5) is 5.69 Å². The number of rotatable bonds is 8. The van der Waals surface area contributed by atoms with Crippen LogP contribution in [0, 0.1) is 0 Å². The maximum atomic E-state index is 14.1. The Morgan fingerprint density at radius 1 is 1.18 bits per heavy atom. The van der Waals surface area contributed by atoms with E-state index < -0.39 is 0 Å². The summed E-state index contributed by atoms with van der Waals surface area (Å²) in [5.74, 6) is 0.210. The SMILES string of the molecule is CC(C)c1cc(C(=O)N(Cc2ccc(N(C)C)cc2)CC2CCCO2)c2cnn(C(C)C)c2n1. The van der Waals surface area contributed by atoms with Crippen molar-refractivity contribution in [3.63, 3.8) is 0 Å². The fourth-order valence-corrected chi connectivity index (χ4v) is 4.43. The molecule has 7 nitrogen and oxygen atoms in total. The lowest BCUT2D eigenvalue weighted by atomic mass is 10.0. The number of carbonyl (C=O) groups excluding carboxylic acids is 1. The quantitative estimate of drug-likeness (QED) is 0.469. The third kappa shape index (κ3) is 5.09. The van der Waals surface area contributed by atoms with Crippen molar-refractivity contribution in [2.45, 2.75) is 65.1 Å². The van der Waals surface area contributed by atoms with Gasteiger partial charge in [0.15, 0.2) is 5.65 Å². The molecule has 1 fully saturated rings. The zero-order valence-corrected chi connectivity index (χ0v) is 21.3. The van der Waals surface area contributed by atoms with Crippen LogP contribution in [-0.2, 0) is 11.3 Å². The number of anilines is 1. The maximum absolute atomic E-state index is 14.1. The number of hydrogen-bond donors (Lipinski definition) is 0. The summed E-state index contributed by atoms with van der Waals surface area (Å²) in [6.45, 7) is 10.3. The molecule has 0 radical (unpaired) electrons. The molecule has 0 aliphatic carbocycles. The Morgan fingerprint density at radius 3 is 2.50 bits per heavy atom. The monoisotopic (exact) mass is 463 g/mol. The zero-order valence-electron chi connectivity index (χ0n) is 21.3. The molecule has 1 amide bonds. The molecule has 0 bridgehead atoms. The van der Waals surface area contributed by atoms with E-state index in [1.165, 1.54) is 0 Å². The number of hydrogen-bond acceptors (Lipinski definition) is 5. The molecule has 0 saturated carbocycles. The van der Waals surface area contributed by atoms with Crippen molar-refractivity contribution in [2.24, 2.45) is 0 Å². The third-order valence-electron chi connectivity index (χ3n) is 6.46. The van der Waals surface area contributed by atoms with E-state index in [1.807, 2.05) is 29.7 Å². The van der Waals surface area contributed by atoms with Crippen molar-refractivity contribution in [3.8, 4) is 0 Å². The van der Waals surface area contributed by atoms with E-state index in [0.29, 0.717) is 18.7 Å². The molecular weight excluding hydrogens is 426 g/mol. The molecule has 1 aliphatic heterocycles. The Labute approximate surface area is 202 Å². The van der Waals surface area contributed by atoms with Gasteiger partial charge in [0.1, 0.15) is 0 Å². The maximum Gasteiger partial charge on any atom is 0.255 e. The minimum Gasteiger partial charge on any atom is -0.378 e. The van der Waals surface area contributed by atoms with Gasteiger partial charge in [-0.25, -0.2) is 9.67 Å². The van der Waals surface area contributed by atoms with Gasteiger partial charge in [0.05, 0.1) is 23.3 Å². The normalized spacial score (nSPS) is 16.1. The molecule has 1 unspecified atom stereocenters. The fraction of sp³-hybridized carbons (Fsp3) is 0.519. The van der Waals surface area contributed by atoms with Gasteiger partial charge in [0, 0.05) is 51.2 Å². The van der Waals surface area contributed by atoms with Gasteiger partial charge >= 0.3 is 0 Å². The number of ether oxygens (including phenoxy) is 1. The summed E-state index contributed by atoms with van der Waals surface area (Å²) in [5.41, 5.74) is 4.59. The van der Waals surface area contributed by atoms with Crippen LogP contribution in [-0.4, -0.2) is 58.9 Å². The van der Waals surface area contributed by atoms with Crippen LogP contribution in [0.15, 0.2) is 36.5 Å². The number of carbonyl (C=O) groups is 1. The van der Waals surface area contributed by atoms with Gasteiger partial charge < -0.3 is 14.5 Å². The molecular formula is C27H37N5O2. The molecule has 1 atom stereocenters. The molecule has 1 aliphatic rings. The summed E-state index contributed by atoms with van der Waals surface area (Å²) in [7, 11) is 4.06. The summed E-state index contributed by atoms with van der Waals surface area (Å²) in [6.07, 6.45) is 3.89. The van der Waals surface area contributed by atoms with E-state index in [1.54, 1.807) is 6.20 Å². The molecule has 1 aromatic carbocycles. The number of nitrogens with zero attached hydrogens (tertiary/aromatic N) is 5. The molecule has 2 aromatic heterocycles. The molecule has 3 heterocycles. The zero-order chi connectivity index (χ0) is 24.4. The predicted octanol–water partition coefficient (Wildman–Crippen LogP) is 5.02. The van der Waals surface area contributed by atoms with E-state index >= 15 is 0 Å². The smallest absolute Gasteiger partial charge is 0.255 e. The average Bonchev–Trinajstić information content (AvgIpc) is 3.47. The Balaban J connectivity index is 1.72. The highest BCUT2D eigenvalue weighted by molar-refractivity contribution is 6.05. The topological polar surface area (TPSA) is 63.5 Å². The van der Waals surface area contributed by atoms with Gasteiger partial charge in [-0.05, 0) is 56.4 Å². The molecule has 1 saturated heterocycles. The van der Waals surface area contributed by atoms with Gasteiger partial charge in [-0.2, -0.15) is 5.10 Å². The molecule has 0 N–H and O–H groups in total. The minimum atomic E-state index is 0.00444. The van der Waals surface area contributed by atoms with E-state index in [9.17, 15) is 4.79 Å². The van der Waals surface area contributed by atoms with Gasteiger partial charge in [-0.1, -0.05) is 26.0 Å². The van der Waals surface area contributed by atoms with E-state index in [2.05, 4.69) is 62.0 Å². The van der Waals surface area contributed by atoms with Crippen molar-refractivity contribution >= 4 is 22.6 Å². The van der Waals surface area contributed by atoms with Gasteiger partial charge in [0.25, 0.3) is 5.91 Å². The van der Waals surface area contributed by atoms with Gasteiger partial charge in [-0.3, -0.25) is 4.79 Å². The van der Waals surface area contributed by atoms with Crippen molar-refractivity contribution < 1.29 is 9.53 Å². The van der Waals surface area contributed by atoms with Crippen LogP contribution < -0.4 is 4.90 Å². The van der Waals surface area contributed by atoms with E-state index in [0.717, 1.165) is 47.4 Å². The molecule has 0 spiro atoms. The highest BCUT2D eigenvalue weighted by Gasteiger charge is 2.27. The summed E-state index contributed by atoms with van der Waals surface area (Å²) in [4.78, 5) is 23.0. The van der Waals surface area contributed by atoms with Gasteiger partial charge in [0.2, 0.25) is 0 Å². The Bertz CT molecular complexity index is 1130. The Hall–Kier alpha value is -2.93. The second-order valence-corrected chi connectivity index (χ2v) is 10.1. The second-order valence-electron chi connectivity index (χ2n) is 10.1. The largest absolute Gasteiger partial charge is 0.378 e. The van der Waals surface area contributed by atoms with Crippen molar-refractivity contribution in [1.82, 2.24) is 19.7 Å². The summed E-state index contributed by atoms with van der Waals surface area (Å²) in [5, 5.41) is 5.37. The first-order valence-electron chi connectivity index (χ1n) is 12.3. The van der Waals surface area contributed by atoms with Gasteiger partial charge in [-0.15, -0.1) is 0 Å². The first kappa shape index (κ1) is 24.2. The summed E-state index contributed by atoms with van der Waals surface area (Å²) >= 11 is 0. The number of fused-ring (bicyclic) bond motifs is 1. The molecule has 34 heavy (non-hydrogen) atoms. The van der Waals surface area contributed by atoms with Crippen LogP contribution in [0.3, 0.4) is 0 Å². The molecule has 182 valence electrons.